The van der Waals surface area contributed by atoms with Gasteiger partial charge in [-0.2, -0.15) is 0 Å². The molecule has 21 heavy (non-hydrogen) atoms. The highest BCUT2D eigenvalue weighted by molar-refractivity contribution is 7.78. The van der Waals surface area contributed by atoms with E-state index in [0.29, 0.717) is 0 Å². The van der Waals surface area contributed by atoms with E-state index in [1.54, 1.807) is 56.7 Å². The molecule has 1 aromatic rings. The van der Waals surface area contributed by atoms with Crippen molar-refractivity contribution < 1.29 is 0 Å². The first-order valence-corrected chi connectivity index (χ1v) is 10.5. The lowest BCUT2D eigenvalue weighted by Gasteiger charge is -1.99. The van der Waals surface area contributed by atoms with Gasteiger partial charge in [0.1, 0.15) is 0 Å². The van der Waals surface area contributed by atoms with E-state index in [2.05, 4.69) is 30.3 Å². The minimum atomic E-state index is 0.188. The molecule has 7 aliphatic rings. The Kier molecular flexibility index (Phi) is 1.14. The van der Waals surface area contributed by atoms with Gasteiger partial charge in [-0.3, -0.25) is 0 Å². The summed E-state index contributed by atoms with van der Waals surface area (Å²) in [4.78, 5) is 0. The fraction of sp³-hybridized carbons (Fsp3) is 0.700. The van der Waals surface area contributed by atoms with E-state index in [1.165, 1.54) is 0 Å². The smallest absolute Gasteiger partial charge is 0.0185 e. The molecule has 6 spiro atoms. The normalized spacial score (nSPS) is 44.5. The zero-order valence-electron chi connectivity index (χ0n) is 12.5. The Morgan fingerprint density at radius 1 is 0.571 bits per heavy atom. The number of fused-ring (bicyclic) bond motifs is 7. The molecule has 1 heterocycles. The SMILES string of the molecule is c1ccc(P2C3(C4(CC4)C34CC4)C23C2(CC2)C32CC2)cc1. The summed E-state index contributed by atoms with van der Waals surface area (Å²) in [6.07, 6.45) is 12.9. The summed E-state index contributed by atoms with van der Waals surface area (Å²) < 4.78 is 0. The van der Waals surface area contributed by atoms with E-state index >= 15 is 0 Å². The molecule has 1 saturated heterocycles. The Labute approximate surface area is 127 Å². The predicted octanol–water partition coefficient (Wildman–Crippen LogP) is 4.43. The Bertz CT molecular complexity index is 661. The maximum absolute atomic E-state index is 2.51. The molecule has 6 aliphatic carbocycles. The fourth-order valence-corrected chi connectivity index (χ4v) is 15.4. The Morgan fingerprint density at radius 2 is 0.952 bits per heavy atom. The standard InChI is InChI=1S/C20H21P/c1-2-4-14(5-3-1)21-19(15(6-7-15)16(19)8-9-16)20(21)17(10-11-17)18(20)12-13-18/h1-5H,6-13H2. The molecular formula is C20H21P. The number of benzene rings is 1. The average Bonchev–Trinajstić information content (AvgIpc) is 3.32. The van der Waals surface area contributed by atoms with Crippen molar-refractivity contribution in [1.82, 2.24) is 0 Å². The molecule has 106 valence electrons. The minimum Gasteiger partial charge on any atom is -0.0622 e. The van der Waals surface area contributed by atoms with Crippen LogP contribution < -0.4 is 5.30 Å². The van der Waals surface area contributed by atoms with Gasteiger partial charge in [0.05, 0.1) is 0 Å². The Balaban J connectivity index is 1.42. The zero-order valence-corrected chi connectivity index (χ0v) is 13.4. The van der Waals surface area contributed by atoms with Gasteiger partial charge >= 0.3 is 0 Å². The van der Waals surface area contributed by atoms with Crippen LogP contribution in [0.5, 0.6) is 0 Å². The van der Waals surface area contributed by atoms with E-state index in [1.807, 2.05) is 0 Å². The summed E-state index contributed by atoms with van der Waals surface area (Å²) in [6.45, 7) is 0. The third-order valence-corrected chi connectivity index (χ3v) is 14.0. The van der Waals surface area contributed by atoms with E-state index in [0.717, 1.165) is 32.0 Å². The van der Waals surface area contributed by atoms with Crippen molar-refractivity contribution in [1.29, 1.82) is 0 Å². The van der Waals surface area contributed by atoms with Crippen LogP contribution in [0.25, 0.3) is 0 Å². The first-order chi connectivity index (χ1) is 10.3. The van der Waals surface area contributed by atoms with E-state index < -0.39 is 0 Å². The van der Waals surface area contributed by atoms with Crippen LogP contribution in [0.2, 0.25) is 0 Å². The second-order valence-corrected chi connectivity index (χ2v) is 11.9. The van der Waals surface area contributed by atoms with Gasteiger partial charge in [0.2, 0.25) is 0 Å². The van der Waals surface area contributed by atoms with Gasteiger partial charge < -0.3 is 0 Å². The predicted molar refractivity (Wildman–Crippen MR) is 85.1 cm³/mol. The lowest BCUT2D eigenvalue weighted by molar-refractivity contribution is 0.716. The average molecular weight is 292 g/mol. The van der Waals surface area contributed by atoms with Gasteiger partial charge in [0.25, 0.3) is 0 Å². The quantitative estimate of drug-likeness (QED) is 0.672. The lowest BCUT2D eigenvalue weighted by Crippen LogP contribution is -2.04. The van der Waals surface area contributed by atoms with Crippen molar-refractivity contribution in [3.63, 3.8) is 0 Å². The summed E-state index contributed by atoms with van der Waals surface area (Å²) in [5.74, 6) is 0. The van der Waals surface area contributed by atoms with E-state index in [4.69, 9.17) is 0 Å². The first-order valence-electron chi connectivity index (χ1n) is 9.16. The number of rotatable bonds is 1. The molecule has 1 aromatic carbocycles. The molecule has 0 N–H and O–H groups in total. The van der Waals surface area contributed by atoms with Crippen LogP contribution in [0.3, 0.4) is 0 Å². The summed E-state index contributed by atoms with van der Waals surface area (Å²) in [6, 6.07) is 11.9. The van der Waals surface area contributed by atoms with Gasteiger partial charge in [0, 0.05) is 10.3 Å². The topological polar surface area (TPSA) is 0 Å². The van der Waals surface area contributed by atoms with Gasteiger partial charge in [-0.1, -0.05) is 38.3 Å². The second kappa shape index (κ2) is 2.29. The third-order valence-electron chi connectivity index (χ3n) is 9.64. The van der Waals surface area contributed by atoms with Crippen LogP contribution in [-0.4, -0.2) is 10.3 Å². The first kappa shape index (κ1) is 10.4. The molecule has 0 unspecified atom stereocenters. The molecule has 0 amide bonds. The van der Waals surface area contributed by atoms with Crippen LogP contribution in [0, 0.1) is 21.7 Å². The molecule has 0 aromatic heterocycles. The third kappa shape index (κ3) is 0.604. The Hall–Kier alpha value is -0.350. The highest BCUT2D eigenvalue weighted by Crippen LogP contribution is 3.27. The Morgan fingerprint density at radius 3 is 1.29 bits per heavy atom. The molecule has 7 fully saturated rings. The van der Waals surface area contributed by atoms with Crippen LogP contribution in [-0.2, 0) is 0 Å². The molecule has 0 nitrogen and oxygen atoms in total. The largest absolute Gasteiger partial charge is 0.0622 e. The van der Waals surface area contributed by atoms with Crippen LogP contribution in [0.4, 0.5) is 0 Å². The van der Waals surface area contributed by atoms with Crippen molar-refractivity contribution in [3.05, 3.63) is 30.3 Å². The second-order valence-electron chi connectivity index (χ2n) is 9.42. The van der Waals surface area contributed by atoms with E-state index in [9.17, 15) is 0 Å². The van der Waals surface area contributed by atoms with Crippen molar-refractivity contribution in [3.8, 4) is 0 Å². The maximum Gasteiger partial charge on any atom is 0.0185 e. The van der Waals surface area contributed by atoms with Crippen LogP contribution >= 0.6 is 7.92 Å². The summed E-state index contributed by atoms with van der Waals surface area (Å²) in [7, 11) is 0.188. The highest BCUT2D eigenvalue weighted by Gasteiger charge is 3.22. The summed E-state index contributed by atoms with van der Waals surface area (Å²) in [5.41, 5.74) is 3.62. The molecular weight excluding hydrogens is 271 g/mol. The molecule has 1 heteroatoms. The van der Waals surface area contributed by atoms with Crippen molar-refractivity contribution in [2.75, 3.05) is 0 Å². The molecule has 8 rings (SSSR count). The van der Waals surface area contributed by atoms with Gasteiger partial charge in [-0.25, -0.2) is 0 Å². The monoisotopic (exact) mass is 292 g/mol. The number of hydrogen-bond acceptors (Lipinski definition) is 0. The van der Waals surface area contributed by atoms with Crippen LogP contribution in [0.1, 0.15) is 51.4 Å². The lowest BCUT2D eigenvalue weighted by atomic mass is 10.1. The summed E-state index contributed by atoms with van der Waals surface area (Å²) >= 11 is 0. The zero-order chi connectivity index (χ0) is 13.3. The number of hydrogen-bond donors (Lipinski definition) is 0. The molecule has 0 radical (unpaired) electrons. The molecule has 0 bridgehead atoms. The van der Waals surface area contributed by atoms with Crippen LogP contribution in [0.15, 0.2) is 30.3 Å². The van der Waals surface area contributed by atoms with Crippen molar-refractivity contribution in [2.24, 2.45) is 21.7 Å². The maximum atomic E-state index is 2.51. The van der Waals surface area contributed by atoms with Gasteiger partial charge in [-0.15, -0.1) is 0 Å². The molecule has 1 aliphatic heterocycles. The molecule has 0 atom stereocenters. The summed E-state index contributed by atoms with van der Waals surface area (Å²) in [5, 5.41) is 3.60. The van der Waals surface area contributed by atoms with Gasteiger partial charge in [-0.05, 0) is 78.3 Å². The van der Waals surface area contributed by atoms with Gasteiger partial charge in [0.15, 0.2) is 0 Å². The highest BCUT2D eigenvalue weighted by atomic mass is 31.1. The minimum absolute atomic E-state index is 0.188. The van der Waals surface area contributed by atoms with Crippen molar-refractivity contribution >= 4 is 13.2 Å². The molecule has 6 saturated carbocycles. The fourth-order valence-electron chi connectivity index (χ4n) is 9.07. The van der Waals surface area contributed by atoms with E-state index in [-0.39, 0.29) is 7.92 Å². The van der Waals surface area contributed by atoms with Crippen molar-refractivity contribution in [2.45, 2.75) is 61.7 Å².